The SMILES string of the molecule is Cc1cc(C)n2nc(CC(C)N)cc2n1. The highest BCUT2D eigenvalue weighted by Gasteiger charge is 2.07. The van der Waals surface area contributed by atoms with Crippen LogP contribution in [-0.2, 0) is 6.42 Å². The summed E-state index contributed by atoms with van der Waals surface area (Å²) in [6, 6.07) is 4.16. The molecule has 0 aliphatic heterocycles. The molecule has 2 aromatic rings. The first kappa shape index (κ1) is 10.1. The molecule has 15 heavy (non-hydrogen) atoms. The number of nitrogens with zero attached hydrogens (tertiary/aromatic N) is 3. The van der Waals surface area contributed by atoms with Gasteiger partial charge in [-0.1, -0.05) is 0 Å². The maximum atomic E-state index is 5.74. The Morgan fingerprint density at radius 3 is 2.80 bits per heavy atom. The zero-order valence-corrected chi connectivity index (χ0v) is 9.36. The number of nitrogens with two attached hydrogens (primary N) is 1. The zero-order chi connectivity index (χ0) is 11.0. The van der Waals surface area contributed by atoms with Crippen molar-refractivity contribution in [2.45, 2.75) is 33.2 Å². The predicted octanol–water partition coefficient (Wildman–Crippen LogP) is 1.24. The number of aromatic nitrogens is 3. The summed E-state index contributed by atoms with van der Waals surface area (Å²) in [4.78, 5) is 4.42. The maximum Gasteiger partial charge on any atom is 0.155 e. The quantitative estimate of drug-likeness (QED) is 0.800. The van der Waals surface area contributed by atoms with Gasteiger partial charge in [0.15, 0.2) is 5.65 Å². The Balaban J connectivity index is 2.50. The van der Waals surface area contributed by atoms with E-state index in [1.165, 1.54) is 0 Å². The van der Waals surface area contributed by atoms with Crippen LogP contribution in [0.25, 0.3) is 5.65 Å². The van der Waals surface area contributed by atoms with Crippen LogP contribution in [0.15, 0.2) is 12.1 Å². The molecule has 4 nitrogen and oxygen atoms in total. The maximum absolute atomic E-state index is 5.74. The highest BCUT2D eigenvalue weighted by Crippen LogP contribution is 2.09. The van der Waals surface area contributed by atoms with Gasteiger partial charge in [-0.05, 0) is 26.8 Å². The topological polar surface area (TPSA) is 56.2 Å². The summed E-state index contributed by atoms with van der Waals surface area (Å²) in [7, 11) is 0. The Hall–Kier alpha value is -1.42. The van der Waals surface area contributed by atoms with E-state index in [0.29, 0.717) is 0 Å². The van der Waals surface area contributed by atoms with E-state index in [0.717, 1.165) is 29.1 Å². The molecular weight excluding hydrogens is 188 g/mol. The summed E-state index contributed by atoms with van der Waals surface area (Å²) in [5.74, 6) is 0. The third kappa shape index (κ3) is 1.99. The molecule has 0 saturated heterocycles. The molecule has 0 bridgehead atoms. The summed E-state index contributed by atoms with van der Waals surface area (Å²) in [6.45, 7) is 6.01. The van der Waals surface area contributed by atoms with Crippen LogP contribution >= 0.6 is 0 Å². The first-order valence-corrected chi connectivity index (χ1v) is 5.15. The molecule has 0 spiro atoms. The van der Waals surface area contributed by atoms with Crippen molar-refractivity contribution in [3.05, 3.63) is 29.2 Å². The van der Waals surface area contributed by atoms with Crippen molar-refractivity contribution in [3.8, 4) is 0 Å². The average Bonchev–Trinajstić information content (AvgIpc) is 2.45. The lowest BCUT2D eigenvalue weighted by Gasteiger charge is -2.00. The summed E-state index contributed by atoms with van der Waals surface area (Å²) in [6.07, 6.45) is 0.793. The molecule has 1 atom stereocenters. The lowest BCUT2D eigenvalue weighted by atomic mass is 10.2. The molecule has 2 N–H and O–H groups in total. The van der Waals surface area contributed by atoms with E-state index in [-0.39, 0.29) is 6.04 Å². The third-order valence-electron chi connectivity index (χ3n) is 2.32. The van der Waals surface area contributed by atoms with Crippen molar-refractivity contribution in [2.75, 3.05) is 0 Å². The number of fused-ring (bicyclic) bond motifs is 1. The van der Waals surface area contributed by atoms with Crippen molar-refractivity contribution in [1.29, 1.82) is 0 Å². The molecule has 2 heterocycles. The fourth-order valence-electron chi connectivity index (χ4n) is 1.76. The van der Waals surface area contributed by atoms with Crippen molar-refractivity contribution in [1.82, 2.24) is 14.6 Å². The van der Waals surface area contributed by atoms with Gasteiger partial charge in [0.1, 0.15) is 0 Å². The van der Waals surface area contributed by atoms with E-state index in [1.54, 1.807) is 0 Å². The predicted molar refractivity (Wildman–Crippen MR) is 59.8 cm³/mol. The Kier molecular flexibility index (Phi) is 2.44. The standard InChI is InChI=1S/C11H16N4/c1-7(12)4-10-6-11-13-8(2)5-9(3)15(11)14-10/h5-7H,4,12H2,1-3H3. The molecule has 2 aromatic heterocycles. The van der Waals surface area contributed by atoms with Gasteiger partial charge in [-0.15, -0.1) is 0 Å². The lowest BCUT2D eigenvalue weighted by molar-refractivity contribution is 0.709. The van der Waals surface area contributed by atoms with Crippen molar-refractivity contribution in [2.24, 2.45) is 5.73 Å². The van der Waals surface area contributed by atoms with E-state index in [2.05, 4.69) is 10.1 Å². The minimum atomic E-state index is 0.135. The van der Waals surface area contributed by atoms with Crippen molar-refractivity contribution >= 4 is 5.65 Å². The average molecular weight is 204 g/mol. The van der Waals surface area contributed by atoms with Gasteiger partial charge in [0.25, 0.3) is 0 Å². The van der Waals surface area contributed by atoms with E-state index in [4.69, 9.17) is 5.73 Å². The Morgan fingerprint density at radius 2 is 2.13 bits per heavy atom. The fourth-order valence-corrected chi connectivity index (χ4v) is 1.76. The minimum Gasteiger partial charge on any atom is -0.328 e. The van der Waals surface area contributed by atoms with E-state index in [1.807, 2.05) is 37.4 Å². The molecule has 4 heteroatoms. The van der Waals surface area contributed by atoms with Gasteiger partial charge in [0.2, 0.25) is 0 Å². The van der Waals surface area contributed by atoms with Crippen molar-refractivity contribution in [3.63, 3.8) is 0 Å². The Labute approximate surface area is 89.1 Å². The number of hydrogen-bond donors (Lipinski definition) is 1. The molecule has 0 amide bonds. The molecule has 0 aromatic carbocycles. The van der Waals surface area contributed by atoms with Gasteiger partial charge in [0, 0.05) is 29.9 Å². The van der Waals surface area contributed by atoms with E-state index < -0.39 is 0 Å². The lowest BCUT2D eigenvalue weighted by Crippen LogP contribution is -2.18. The Morgan fingerprint density at radius 1 is 1.40 bits per heavy atom. The molecule has 0 fully saturated rings. The summed E-state index contributed by atoms with van der Waals surface area (Å²) in [5, 5.41) is 4.47. The normalized spacial score (nSPS) is 13.3. The zero-order valence-electron chi connectivity index (χ0n) is 9.36. The van der Waals surface area contributed by atoms with Gasteiger partial charge in [0.05, 0.1) is 5.69 Å². The van der Waals surface area contributed by atoms with Gasteiger partial charge in [-0.2, -0.15) is 5.10 Å². The monoisotopic (exact) mass is 204 g/mol. The van der Waals surface area contributed by atoms with Crippen LogP contribution in [0.2, 0.25) is 0 Å². The number of aryl methyl sites for hydroxylation is 2. The van der Waals surface area contributed by atoms with Gasteiger partial charge in [-0.25, -0.2) is 9.50 Å². The number of rotatable bonds is 2. The largest absolute Gasteiger partial charge is 0.328 e. The van der Waals surface area contributed by atoms with Gasteiger partial charge < -0.3 is 5.73 Å². The van der Waals surface area contributed by atoms with Crippen LogP contribution in [0.3, 0.4) is 0 Å². The molecule has 80 valence electrons. The van der Waals surface area contributed by atoms with E-state index in [9.17, 15) is 0 Å². The van der Waals surface area contributed by atoms with Crippen LogP contribution in [0.5, 0.6) is 0 Å². The molecular formula is C11H16N4. The molecule has 1 unspecified atom stereocenters. The van der Waals surface area contributed by atoms with Gasteiger partial charge in [-0.3, -0.25) is 0 Å². The van der Waals surface area contributed by atoms with Crippen LogP contribution < -0.4 is 5.73 Å². The second kappa shape index (κ2) is 3.62. The molecule has 0 saturated carbocycles. The van der Waals surface area contributed by atoms with E-state index >= 15 is 0 Å². The smallest absolute Gasteiger partial charge is 0.155 e. The van der Waals surface area contributed by atoms with Crippen LogP contribution in [0, 0.1) is 13.8 Å². The second-order valence-electron chi connectivity index (χ2n) is 4.13. The Bertz CT molecular complexity index is 485. The highest BCUT2D eigenvalue weighted by atomic mass is 15.3. The second-order valence-corrected chi connectivity index (χ2v) is 4.13. The highest BCUT2D eigenvalue weighted by molar-refractivity contribution is 5.41. The molecule has 0 aliphatic carbocycles. The van der Waals surface area contributed by atoms with Crippen LogP contribution in [0.1, 0.15) is 24.0 Å². The minimum absolute atomic E-state index is 0.135. The first-order chi connectivity index (χ1) is 7.06. The summed E-state index contributed by atoms with van der Waals surface area (Å²) >= 11 is 0. The third-order valence-corrected chi connectivity index (χ3v) is 2.32. The van der Waals surface area contributed by atoms with Crippen LogP contribution in [-0.4, -0.2) is 20.6 Å². The molecule has 0 radical (unpaired) electrons. The molecule has 0 aliphatic rings. The first-order valence-electron chi connectivity index (χ1n) is 5.15. The summed E-state index contributed by atoms with van der Waals surface area (Å²) in [5.41, 5.74) is 9.78. The van der Waals surface area contributed by atoms with Crippen molar-refractivity contribution < 1.29 is 0 Å². The van der Waals surface area contributed by atoms with Gasteiger partial charge >= 0.3 is 0 Å². The fraction of sp³-hybridized carbons (Fsp3) is 0.455. The van der Waals surface area contributed by atoms with Crippen LogP contribution in [0.4, 0.5) is 0 Å². The number of hydrogen-bond acceptors (Lipinski definition) is 3. The molecule has 2 rings (SSSR count). The summed E-state index contributed by atoms with van der Waals surface area (Å²) < 4.78 is 1.87.